The summed E-state index contributed by atoms with van der Waals surface area (Å²) in [6.45, 7) is 0. The molecule has 0 aliphatic rings. The van der Waals surface area contributed by atoms with Crippen LogP contribution in [0.15, 0.2) is 83.9 Å². The van der Waals surface area contributed by atoms with Gasteiger partial charge in [-0.3, -0.25) is 4.57 Å². The standard InChI is InChI=1S/C21H13IN2S/c22-25-15-9-10-16-14(13-15)11-12-23-21(16)24-19-7-3-1-5-17(19)18-6-2-4-8-20(18)24/h1-13H. The van der Waals surface area contributed by atoms with Crippen molar-refractivity contribution in [3.63, 3.8) is 0 Å². The Labute approximate surface area is 161 Å². The predicted molar refractivity (Wildman–Crippen MR) is 116 cm³/mol. The fraction of sp³-hybridized carbons (Fsp3) is 0. The molecule has 5 rings (SSSR count). The highest BCUT2D eigenvalue weighted by Crippen LogP contribution is 2.35. The van der Waals surface area contributed by atoms with Gasteiger partial charge in [-0.05, 0) is 41.8 Å². The summed E-state index contributed by atoms with van der Waals surface area (Å²) in [5, 5.41) is 4.91. The fourth-order valence-corrected chi connectivity index (χ4v) is 4.63. The Morgan fingerprint density at radius 3 is 2.12 bits per heavy atom. The number of fused-ring (bicyclic) bond motifs is 4. The quantitative estimate of drug-likeness (QED) is 0.275. The zero-order valence-electron chi connectivity index (χ0n) is 13.2. The lowest BCUT2D eigenvalue weighted by Crippen LogP contribution is -1.98. The Morgan fingerprint density at radius 2 is 1.44 bits per heavy atom. The molecule has 0 N–H and O–H groups in total. The van der Waals surface area contributed by atoms with Gasteiger partial charge in [-0.25, -0.2) is 4.98 Å². The minimum Gasteiger partial charge on any atom is -0.293 e. The topological polar surface area (TPSA) is 17.8 Å². The third kappa shape index (κ3) is 2.35. The maximum atomic E-state index is 4.76. The molecule has 0 fully saturated rings. The van der Waals surface area contributed by atoms with E-state index in [1.807, 2.05) is 6.20 Å². The molecular formula is C21H13IN2S. The molecular weight excluding hydrogens is 439 g/mol. The first-order chi connectivity index (χ1) is 12.4. The SMILES string of the molecule is ISc1ccc2c(-n3c4ccccc4c4ccccc43)nccc2c1. The molecule has 0 aliphatic carbocycles. The first-order valence-electron chi connectivity index (χ1n) is 8.03. The van der Waals surface area contributed by atoms with E-state index >= 15 is 0 Å². The molecule has 0 saturated heterocycles. The smallest absolute Gasteiger partial charge is 0.145 e. The minimum absolute atomic E-state index is 0.986. The second-order valence-electron chi connectivity index (χ2n) is 5.96. The highest BCUT2D eigenvalue weighted by atomic mass is 127. The predicted octanol–water partition coefficient (Wildman–Crippen LogP) is 6.77. The maximum Gasteiger partial charge on any atom is 0.145 e. The van der Waals surface area contributed by atoms with Crippen molar-refractivity contribution in [1.29, 1.82) is 0 Å². The van der Waals surface area contributed by atoms with Crippen LogP contribution in [0.2, 0.25) is 0 Å². The molecule has 3 aromatic carbocycles. The lowest BCUT2D eigenvalue weighted by atomic mass is 10.1. The molecule has 0 atom stereocenters. The molecule has 4 heteroatoms. The summed E-state index contributed by atoms with van der Waals surface area (Å²) in [7, 11) is 1.73. The van der Waals surface area contributed by atoms with E-state index in [-0.39, 0.29) is 0 Å². The fourth-order valence-electron chi connectivity index (χ4n) is 3.52. The van der Waals surface area contributed by atoms with Gasteiger partial charge in [-0.15, -0.1) is 0 Å². The minimum atomic E-state index is 0.986. The van der Waals surface area contributed by atoms with E-state index in [4.69, 9.17) is 4.98 Å². The third-order valence-corrected chi connectivity index (χ3v) is 6.55. The zero-order chi connectivity index (χ0) is 16.8. The van der Waals surface area contributed by atoms with Crippen molar-refractivity contribution in [2.45, 2.75) is 4.90 Å². The largest absolute Gasteiger partial charge is 0.293 e. The van der Waals surface area contributed by atoms with Crippen molar-refractivity contribution in [3.8, 4) is 5.82 Å². The van der Waals surface area contributed by atoms with Crippen LogP contribution in [0.4, 0.5) is 0 Å². The summed E-state index contributed by atoms with van der Waals surface area (Å²) in [5.41, 5.74) is 2.38. The summed E-state index contributed by atoms with van der Waals surface area (Å²) < 4.78 is 2.28. The Bertz CT molecular complexity index is 1190. The summed E-state index contributed by atoms with van der Waals surface area (Å²) >= 11 is 2.32. The number of halogens is 1. The summed E-state index contributed by atoms with van der Waals surface area (Å²) in [6, 6.07) is 25.7. The van der Waals surface area contributed by atoms with E-state index in [2.05, 4.69) is 98.6 Å². The molecule has 0 aliphatic heterocycles. The maximum absolute atomic E-state index is 4.76. The monoisotopic (exact) mass is 452 g/mol. The number of rotatable bonds is 2. The Kier molecular flexibility index (Phi) is 3.68. The van der Waals surface area contributed by atoms with Gasteiger partial charge >= 0.3 is 0 Å². The highest BCUT2D eigenvalue weighted by molar-refractivity contribution is 14.2. The molecule has 0 saturated carbocycles. The second-order valence-corrected chi connectivity index (χ2v) is 7.91. The van der Waals surface area contributed by atoms with E-state index < -0.39 is 0 Å². The van der Waals surface area contributed by atoms with Crippen LogP contribution < -0.4 is 0 Å². The molecule has 120 valence electrons. The van der Waals surface area contributed by atoms with Crippen LogP contribution in [0.5, 0.6) is 0 Å². The highest BCUT2D eigenvalue weighted by Gasteiger charge is 2.14. The van der Waals surface area contributed by atoms with Gasteiger partial charge in [0.1, 0.15) is 5.82 Å². The van der Waals surface area contributed by atoms with Gasteiger partial charge in [-0.1, -0.05) is 45.3 Å². The molecule has 0 spiro atoms. The van der Waals surface area contributed by atoms with E-state index in [1.165, 1.54) is 37.5 Å². The molecule has 0 unspecified atom stereocenters. The molecule has 25 heavy (non-hydrogen) atoms. The van der Waals surface area contributed by atoms with Crippen molar-refractivity contribution < 1.29 is 0 Å². The molecule has 2 aromatic heterocycles. The van der Waals surface area contributed by atoms with Crippen molar-refractivity contribution in [1.82, 2.24) is 9.55 Å². The molecule has 0 amide bonds. The van der Waals surface area contributed by atoms with Gasteiger partial charge in [0, 0.05) is 48.5 Å². The van der Waals surface area contributed by atoms with Crippen LogP contribution in [-0.2, 0) is 0 Å². The van der Waals surface area contributed by atoms with Crippen LogP contribution in [-0.4, -0.2) is 9.55 Å². The summed E-state index contributed by atoms with van der Waals surface area (Å²) in [4.78, 5) is 6.02. The molecule has 2 nitrogen and oxygen atoms in total. The van der Waals surface area contributed by atoms with E-state index in [0.29, 0.717) is 0 Å². The lowest BCUT2D eigenvalue weighted by molar-refractivity contribution is 1.10. The van der Waals surface area contributed by atoms with Gasteiger partial charge < -0.3 is 0 Å². The van der Waals surface area contributed by atoms with Gasteiger partial charge in [0.2, 0.25) is 0 Å². The Hall–Kier alpha value is -2.05. The third-order valence-electron chi connectivity index (χ3n) is 4.60. The Morgan fingerprint density at radius 1 is 0.760 bits per heavy atom. The van der Waals surface area contributed by atoms with Crippen molar-refractivity contribution >= 4 is 62.7 Å². The van der Waals surface area contributed by atoms with Crippen LogP contribution in [0, 0.1) is 0 Å². The zero-order valence-corrected chi connectivity index (χ0v) is 16.2. The van der Waals surface area contributed by atoms with Gasteiger partial charge in [0.25, 0.3) is 0 Å². The van der Waals surface area contributed by atoms with Crippen LogP contribution >= 0.6 is 30.1 Å². The summed E-state index contributed by atoms with van der Waals surface area (Å²) in [6.07, 6.45) is 1.91. The van der Waals surface area contributed by atoms with Gasteiger partial charge in [0.15, 0.2) is 0 Å². The van der Waals surface area contributed by atoms with E-state index in [0.717, 1.165) is 5.82 Å². The average molecular weight is 452 g/mol. The number of aromatic nitrogens is 2. The number of pyridine rings is 1. The van der Waals surface area contributed by atoms with E-state index in [1.54, 1.807) is 8.93 Å². The normalized spacial score (nSPS) is 11.6. The number of benzene rings is 3. The summed E-state index contributed by atoms with van der Waals surface area (Å²) in [5.74, 6) is 0.986. The van der Waals surface area contributed by atoms with Crippen LogP contribution in [0.1, 0.15) is 0 Å². The van der Waals surface area contributed by atoms with Crippen molar-refractivity contribution in [2.75, 3.05) is 0 Å². The van der Waals surface area contributed by atoms with Crippen molar-refractivity contribution in [2.24, 2.45) is 0 Å². The number of nitrogens with zero attached hydrogens (tertiary/aromatic N) is 2. The molecule has 5 aromatic rings. The van der Waals surface area contributed by atoms with E-state index in [9.17, 15) is 0 Å². The molecule has 2 heterocycles. The number of hydrogen-bond donors (Lipinski definition) is 0. The Balaban J connectivity index is 1.94. The second kappa shape index (κ2) is 6.04. The first kappa shape index (κ1) is 15.2. The average Bonchev–Trinajstić information content (AvgIpc) is 3.01. The first-order valence-corrected chi connectivity index (χ1v) is 11.4. The molecule has 0 radical (unpaired) electrons. The molecule has 0 bridgehead atoms. The van der Waals surface area contributed by atoms with Gasteiger partial charge in [0.05, 0.1) is 11.0 Å². The number of para-hydroxylation sites is 2. The number of hydrogen-bond acceptors (Lipinski definition) is 2. The van der Waals surface area contributed by atoms with Gasteiger partial charge in [-0.2, -0.15) is 0 Å². The van der Waals surface area contributed by atoms with Crippen LogP contribution in [0.3, 0.4) is 0 Å². The van der Waals surface area contributed by atoms with Crippen LogP contribution in [0.25, 0.3) is 38.4 Å². The van der Waals surface area contributed by atoms with Crippen molar-refractivity contribution in [3.05, 3.63) is 79.0 Å². The lowest BCUT2D eigenvalue weighted by Gasteiger charge is -2.10.